The summed E-state index contributed by atoms with van der Waals surface area (Å²) in [6.45, 7) is 20.4. The van der Waals surface area contributed by atoms with E-state index in [1.807, 2.05) is 12.1 Å². The van der Waals surface area contributed by atoms with Crippen LogP contribution in [0, 0.1) is 5.41 Å². The van der Waals surface area contributed by atoms with Gasteiger partial charge in [0.05, 0.1) is 22.5 Å². The van der Waals surface area contributed by atoms with Crippen molar-refractivity contribution in [1.82, 2.24) is 4.90 Å². The number of amides is 2. The van der Waals surface area contributed by atoms with Crippen LogP contribution in [0.4, 0.5) is 21.0 Å². The summed E-state index contributed by atoms with van der Waals surface area (Å²) in [7, 11) is 0. The van der Waals surface area contributed by atoms with E-state index in [-0.39, 0.29) is 125 Å². The highest BCUT2D eigenvalue weighted by Crippen LogP contribution is 2.53. The van der Waals surface area contributed by atoms with Crippen LogP contribution in [-0.2, 0) is 19.7 Å². The molecule has 0 radical (unpaired) electrons. The monoisotopic (exact) mass is 906 g/mol. The van der Waals surface area contributed by atoms with Gasteiger partial charge in [0.2, 0.25) is 5.78 Å². The van der Waals surface area contributed by atoms with Gasteiger partial charge in [-0.15, -0.1) is 0 Å². The van der Waals surface area contributed by atoms with Gasteiger partial charge in [0.25, 0.3) is 0 Å². The van der Waals surface area contributed by atoms with Crippen molar-refractivity contribution in [3.63, 3.8) is 0 Å². The lowest BCUT2D eigenvalue weighted by Crippen LogP contribution is -2.42. The molecule has 2 amide bonds. The lowest BCUT2D eigenvalue weighted by molar-refractivity contribution is -0.111. The largest absolute Gasteiger partial charge is 0.506 e. The third kappa shape index (κ3) is 8.47. The molecule has 66 heavy (non-hydrogen) atoms. The Labute approximate surface area is 383 Å². The summed E-state index contributed by atoms with van der Waals surface area (Å²) in [6, 6.07) is 11.7. The average molecular weight is 907 g/mol. The molecule has 0 bridgehead atoms. The third-order valence-corrected chi connectivity index (χ3v) is 13.2. The van der Waals surface area contributed by atoms with Crippen molar-refractivity contribution in [2.24, 2.45) is 10.4 Å². The molecule has 1 saturated heterocycles. The molecular formula is C50H58N4O12. The number of fused-ring (bicyclic) bond motifs is 2. The topological polar surface area (TPSA) is 220 Å². The number of likely N-dealkylation sites (tertiary alicyclic amines) is 1. The summed E-state index contributed by atoms with van der Waals surface area (Å²) >= 11 is 0. The molecule has 2 aliphatic carbocycles. The molecule has 1 fully saturated rings. The Morgan fingerprint density at radius 1 is 0.712 bits per heavy atom. The second-order valence-corrected chi connectivity index (χ2v) is 18.5. The van der Waals surface area contributed by atoms with E-state index in [4.69, 9.17) is 18.9 Å². The Bertz CT molecular complexity index is 2650. The molecule has 16 heteroatoms. The Morgan fingerprint density at radius 2 is 1.27 bits per heavy atom. The van der Waals surface area contributed by atoms with Crippen molar-refractivity contribution < 1.29 is 58.9 Å². The smallest absolute Gasteiger partial charge is 0.434 e. The maximum absolute atomic E-state index is 14.7. The summed E-state index contributed by atoms with van der Waals surface area (Å²) < 4.78 is 22.0. The van der Waals surface area contributed by atoms with Crippen molar-refractivity contribution in [2.45, 2.75) is 98.8 Å². The number of nitrogens with zero attached hydrogens (tertiary/aromatic N) is 3. The van der Waals surface area contributed by atoms with Crippen LogP contribution in [0.1, 0.15) is 80.4 Å². The summed E-state index contributed by atoms with van der Waals surface area (Å²) in [5, 5.41) is 53.7. The summed E-state index contributed by atoms with van der Waals surface area (Å²) in [6.07, 6.45) is 1.75. The lowest BCUT2D eigenvalue weighted by atomic mass is 9.73. The predicted octanol–water partition coefficient (Wildman–Crippen LogP) is 8.80. The predicted molar refractivity (Wildman–Crippen MR) is 249 cm³/mol. The summed E-state index contributed by atoms with van der Waals surface area (Å²) in [5.41, 5.74) is 3.42. The number of carbonyl (C=O) groups is 3. The van der Waals surface area contributed by atoms with Crippen molar-refractivity contribution >= 4 is 40.6 Å². The molecule has 16 nitrogen and oxygen atoms in total. The number of phenolic OH excluding ortho intramolecular Hbond substituents is 4. The average Bonchev–Trinajstić information content (AvgIpc) is 3.56. The number of hydrogen-bond acceptors (Lipinski definition) is 14. The van der Waals surface area contributed by atoms with Crippen molar-refractivity contribution in [3.8, 4) is 34.5 Å². The molecule has 350 valence electrons. The van der Waals surface area contributed by atoms with E-state index in [9.17, 15) is 39.9 Å². The number of aliphatic hydroxyl groups excluding tert-OH is 1. The highest BCUT2D eigenvalue weighted by molar-refractivity contribution is 6.42. The van der Waals surface area contributed by atoms with Gasteiger partial charge in [-0.2, -0.15) is 4.99 Å². The molecule has 4 aliphatic rings. The van der Waals surface area contributed by atoms with Gasteiger partial charge in [-0.05, 0) is 101 Å². The van der Waals surface area contributed by atoms with Gasteiger partial charge in [-0.25, -0.2) is 9.59 Å². The first kappa shape index (κ1) is 46.9. The number of rotatable bonds is 12. The number of Topliss-reactive ketones (excluding diaryl/α,β-unsaturated/α-hetero) is 1. The van der Waals surface area contributed by atoms with Crippen LogP contribution in [-0.4, -0.2) is 105 Å². The summed E-state index contributed by atoms with van der Waals surface area (Å²) in [4.78, 5) is 50.4. The molecule has 6 N–H and O–H groups in total. The van der Waals surface area contributed by atoms with Gasteiger partial charge in [0.1, 0.15) is 43.7 Å². The number of aliphatic hydroxyl groups is 1. The van der Waals surface area contributed by atoms with E-state index in [1.165, 1.54) is 36.4 Å². The number of hydrogen-bond donors (Lipinski definition) is 6. The minimum atomic E-state index is -0.966. The number of nitrogens with one attached hydrogen (secondary N) is 1. The molecule has 3 aromatic rings. The van der Waals surface area contributed by atoms with E-state index >= 15 is 0 Å². The number of benzene rings is 3. The molecular weight excluding hydrogens is 849 g/mol. The second kappa shape index (κ2) is 17.7. The number of anilines is 2. The number of carbonyl (C=O) groups excluding carboxylic acids is 3. The van der Waals surface area contributed by atoms with E-state index in [2.05, 4.69) is 89.3 Å². The molecule has 2 atom stereocenters. The lowest BCUT2D eigenvalue weighted by Gasteiger charge is -2.34. The Kier molecular flexibility index (Phi) is 12.6. The fourth-order valence-corrected chi connectivity index (χ4v) is 9.19. The van der Waals surface area contributed by atoms with Crippen LogP contribution in [0.25, 0.3) is 5.57 Å². The van der Waals surface area contributed by atoms with Crippen molar-refractivity contribution in [3.05, 3.63) is 100.0 Å². The first-order chi connectivity index (χ1) is 31.0. The molecule has 2 unspecified atom stereocenters. The number of aliphatic imine (C=N–C) groups is 1. The quantitative estimate of drug-likeness (QED) is 0.0569. The molecule has 7 rings (SSSR count). The van der Waals surface area contributed by atoms with Gasteiger partial charge in [-0.3, -0.25) is 10.1 Å². The minimum Gasteiger partial charge on any atom is -0.506 e. The number of phenols is 4. The number of ketones is 1. The first-order valence-electron chi connectivity index (χ1n) is 22.0. The van der Waals surface area contributed by atoms with E-state index in [0.29, 0.717) is 0 Å². The molecule has 0 saturated carbocycles. The van der Waals surface area contributed by atoms with Gasteiger partial charge >= 0.3 is 12.2 Å². The Balaban J connectivity index is 1.25. The Hall–Kier alpha value is -7.10. The number of allylic oxidation sites excluding steroid dienone is 6. The van der Waals surface area contributed by atoms with Crippen molar-refractivity contribution in [2.75, 3.05) is 36.6 Å². The van der Waals surface area contributed by atoms with Crippen LogP contribution in [0.5, 0.6) is 34.5 Å². The number of ether oxygens (including phenoxy) is 4. The SMILES string of the molecule is CC(C)N1C2=CC(=N\C(=O)OCCOc3ccc(O)c(O)c3)/C(=C3\C(=O)C(c4cc5c(cc4NC(=O)OCCOc4ccc(O)c(O)c4)N(C(C)C)C(C)C5(C)C)=C3O)C=C2C(C)(C)C1C. The minimum absolute atomic E-state index is 0.0181. The molecule has 2 heterocycles. The van der Waals surface area contributed by atoms with E-state index in [1.54, 1.807) is 12.1 Å². The zero-order valence-corrected chi connectivity index (χ0v) is 38.8. The Morgan fingerprint density at radius 3 is 1.82 bits per heavy atom. The zero-order valence-electron chi connectivity index (χ0n) is 38.8. The molecule has 3 aromatic carbocycles. The van der Waals surface area contributed by atoms with Gasteiger partial charge in [0, 0.05) is 69.7 Å². The van der Waals surface area contributed by atoms with Crippen LogP contribution < -0.4 is 19.7 Å². The molecule has 0 spiro atoms. The van der Waals surface area contributed by atoms with Crippen LogP contribution >= 0.6 is 0 Å². The van der Waals surface area contributed by atoms with E-state index < -0.39 is 28.8 Å². The number of aromatic hydroxyl groups is 4. The maximum atomic E-state index is 14.7. The highest BCUT2D eigenvalue weighted by Gasteiger charge is 2.49. The fraction of sp³-hybridized carbons (Fsp3) is 0.400. The summed E-state index contributed by atoms with van der Waals surface area (Å²) in [5.74, 6) is -1.71. The zero-order chi connectivity index (χ0) is 48.2. The first-order valence-corrected chi connectivity index (χ1v) is 22.0. The standard InChI is InChI=1S/C50H58N4O12/c1-25(2)53-27(5)49(7,8)33-21-31(35(23-37(33)53)51-47(61)65-17-15-63-29-11-13-39(55)41(57)19-29)43-45(59)44(46(43)60)32-22-34-38(54(26(3)4)28(6)50(34,9)10)24-36(32)52-48(62)66-18-16-64-30-12-14-40(56)42(58)20-30/h11-14,19-28,55-59H,15-18H2,1-10H3,(H,51,61)/b44-32-,52-36+. The highest BCUT2D eigenvalue weighted by atomic mass is 16.6. The van der Waals surface area contributed by atoms with Gasteiger partial charge in [-0.1, -0.05) is 27.7 Å². The van der Waals surface area contributed by atoms with Crippen LogP contribution in [0.3, 0.4) is 0 Å². The van der Waals surface area contributed by atoms with Crippen molar-refractivity contribution in [1.29, 1.82) is 0 Å². The fourth-order valence-electron chi connectivity index (χ4n) is 9.19. The maximum Gasteiger partial charge on any atom is 0.434 e. The molecule has 0 aromatic heterocycles. The van der Waals surface area contributed by atoms with Gasteiger partial charge in [0.15, 0.2) is 23.0 Å². The van der Waals surface area contributed by atoms with Crippen LogP contribution in [0.15, 0.2) is 93.9 Å². The van der Waals surface area contributed by atoms with Crippen LogP contribution in [0.2, 0.25) is 0 Å². The van der Waals surface area contributed by atoms with E-state index in [0.717, 1.165) is 22.5 Å². The molecule has 2 aliphatic heterocycles. The second-order valence-electron chi connectivity index (χ2n) is 18.5. The van der Waals surface area contributed by atoms with Gasteiger partial charge < -0.3 is 54.3 Å². The third-order valence-electron chi connectivity index (χ3n) is 13.2. The normalized spacial score (nSPS) is 21.1.